The maximum absolute atomic E-state index is 12.0. The molecule has 0 spiro atoms. The van der Waals surface area contributed by atoms with E-state index in [1.807, 2.05) is 0 Å². The fourth-order valence-electron chi connectivity index (χ4n) is 1.75. The zero-order chi connectivity index (χ0) is 18.4. The highest BCUT2D eigenvalue weighted by molar-refractivity contribution is 5.85. The minimum Gasteiger partial charge on any atom is -0.464 e. The van der Waals surface area contributed by atoms with E-state index in [9.17, 15) is 14.4 Å². The maximum Gasteiger partial charge on any atom is 0.410 e. The van der Waals surface area contributed by atoms with Crippen molar-refractivity contribution in [2.45, 2.75) is 32.6 Å². The van der Waals surface area contributed by atoms with Crippen LogP contribution in [0.5, 0.6) is 0 Å². The quantitative estimate of drug-likeness (QED) is 0.391. The van der Waals surface area contributed by atoms with Gasteiger partial charge in [-0.05, 0) is 6.42 Å². The topological polar surface area (TPSA) is 85.4 Å². The van der Waals surface area contributed by atoms with Gasteiger partial charge in [-0.3, -0.25) is 9.59 Å². The molecule has 0 saturated heterocycles. The number of hydrogen-bond acceptors (Lipinski definition) is 6. The summed E-state index contributed by atoms with van der Waals surface area (Å²) in [5.41, 5.74) is 0. The van der Waals surface area contributed by atoms with Crippen LogP contribution in [0.2, 0.25) is 0 Å². The standard InChI is InChI=1S/C16H30N2O6/c1-5-6-7-8-9-23-15(20)13-17(2)14(19)12-18(3)16(21)24-11-10-22-4/h5-13H2,1-4H3. The lowest BCUT2D eigenvalue weighted by molar-refractivity contribution is -0.148. The van der Waals surface area contributed by atoms with Crippen LogP contribution in [0.3, 0.4) is 0 Å². The zero-order valence-electron chi connectivity index (χ0n) is 15.2. The molecule has 2 amide bonds. The summed E-state index contributed by atoms with van der Waals surface area (Å²) in [6.07, 6.45) is 3.46. The second-order valence-corrected chi connectivity index (χ2v) is 5.49. The minimum absolute atomic E-state index is 0.119. The number of esters is 1. The van der Waals surface area contributed by atoms with E-state index in [2.05, 4.69) is 6.92 Å². The van der Waals surface area contributed by atoms with E-state index in [0.717, 1.165) is 30.6 Å². The molecule has 0 unspecified atom stereocenters. The third-order valence-electron chi connectivity index (χ3n) is 3.25. The van der Waals surface area contributed by atoms with Crippen LogP contribution in [0.15, 0.2) is 0 Å². The Morgan fingerprint density at radius 2 is 1.54 bits per heavy atom. The Bertz CT molecular complexity index is 389. The monoisotopic (exact) mass is 346 g/mol. The fourth-order valence-corrected chi connectivity index (χ4v) is 1.75. The van der Waals surface area contributed by atoms with Crippen LogP contribution in [0.4, 0.5) is 4.79 Å². The number of rotatable bonds is 12. The predicted octanol–water partition coefficient (Wildman–Crippen LogP) is 1.28. The molecule has 140 valence electrons. The van der Waals surface area contributed by atoms with Gasteiger partial charge in [0, 0.05) is 21.2 Å². The van der Waals surface area contributed by atoms with Crippen LogP contribution in [0.25, 0.3) is 0 Å². The number of likely N-dealkylation sites (N-methyl/N-ethyl adjacent to an activating group) is 2. The van der Waals surface area contributed by atoms with Crippen LogP contribution in [-0.2, 0) is 23.8 Å². The third-order valence-corrected chi connectivity index (χ3v) is 3.25. The van der Waals surface area contributed by atoms with E-state index in [0.29, 0.717) is 6.61 Å². The number of unbranched alkanes of at least 4 members (excludes halogenated alkanes) is 3. The van der Waals surface area contributed by atoms with Crippen molar-refractivity contribution in [2.75, 3.05) is 54.1 Å². The maximum atomic E-state index is 12.0. The molecule has 24 heavy (non-hydrogen) atoms. The molecule has 0 aromatic carbocycles. The molecular weight excluding hydrogens is 316 g/mol. The van der Waals surface area contributed by atoms with E-state index < -0.39 is 12.1 Å². The van der Waals surface area contributed by atoms with Gasteiger partial charge >= 0.3 is 12.1 Å². The summed E-state index contributed by atoms with van der Waals surface area (Å²) in [6.45, 7) is 2.57. The Morgan fingerprint density at radius 3 is 2.17 bits per heavy atom. The van der Waals surface area contributed by atoms with Crippen molar-refractivity contribution in [3.05, 3.63) is 0 Å². The number of amides is 2. The van der Waals surface area contributed by atoms with Crippen molar-refractivity contribution in [1.29, 1.82) is 0 Å². The molecule has 8 heteroatoms. The van der Waals surface area contributed by atoms with Gasteiger partial charge in [0.1, 0.15) is 19.7 Å². The molecule has 0 bridgehead atoms. The van der Waals surface area contributed by atoms with Gasteiger partial charge in [0.25, 0.3) is 0 Å². The van der Waals surface area contributed by atoms with Crippen molar-refractivity contribution >= 4 is 18.0 Å². The Balaban J connectivity index is 4.00. The molecule has 0 fully saturated rings. The molecule has 0 aromatic rings. The van der Waals surface area contributed by atoms with Gasteiger partial charge in [-0.2, -0.15) is 0 Å². The van der Waals surface area contributed by atoms with Crippen molar-refractivity contribution in [2.24, 2.45) is 0 Å². The average molecular weight is 346 g/mol. The van der Waals surface area contributed by atoms with E-state index >= 15 is 0 Å². The Morgan fingerprint density at radius 1 is 0.833 bits per heavy atom. The SMILES string of the molecule is CCCCCCOC(=O)CN(C)C(=O)CN(C)C(=O)OCCOC. The lowest BCUT2D eigenvalue weighted by atomic mass is 10.2. The van der Waals surface area contributed by atoms with Gasteiger partial charge in [0.15, 0.2) is 0 Å². The normalized spacial score (nSPS) is 10.2. The number of hydrogen-bond donors (Lipinski definition) is 0. The molecule has 0 aliphatic carbocycles. The van der Waals surface area contributed by atoms with Crippen LogP contribution < -0.4 is 0 Å². The first-order valence-corrected chi connectivity index (χ1v) is 8.18. The highest BCUT2D eigenvalue weighted by atomic mass is 16.6. The highest BCUT2D eigenvalue weighted by Crippen LogP contribution is 2.00. The second kappa shape index (κ2) is 13.6. The average Bonchev–Trinajstić information content (AvgIpc) is 2.54. The van der Waals surface area contributed by atoms with Crippen molar-refractivity contribution < 1.29 is 28.6 Å². The lowest BCUT2D eigenvalue weighted by Crippen LogP contribution is -2.42. The highest BCUT2D eigenvalue weighted by Gasteiger charge is 2.19. The zero-order valence-corrected chi connectivity index (χ0v) is 15.2. The van der Waals surface area contributed by atoms with Gasteiger partial charge in [0.05, 0.1) is 13.2 Å². The lowest BCUT2D eigenvalue weighted by Gasteiger charge is -2.21. The molecule has 0 heterocycles. The van der Waals surface area contributed by atoms with E-state index in [1.54, 1.807) is 0 Å². The van der Waals surface area contributed by atoms with E-state index in [-0.39, 0.29) is 32.2 Å². The first-order valence-electron chi connectivity index (χ1n) is 8.18. The summed E-state index contributed by atoms with van der Waals surface area (Å²) in [5, 5.41) is 0. The van der Waals surface area contributed by atoms with Crippen molar-refractivity contribution in [1.82, 2.24) is 9.80 Å². The van der Waals surface area contributed by atoms with E-state index in [1.165, 1.54) is 26.1 Å². The molecule has 0 radical (unpaired) electrons. The fraction of sp³-hybridized carbons (Fsp3) is 0.812. The van der Waals surface area contributed by atoms with Crippen molar-refractivity contribution in [3.63, 3.8) is 0 Å². The van der Waals surface area contributed by atoms with Crippen molar-refractivity contribution in [3.8, 4) is 0 Å². The van der Waals surface area contributed by atoms with Crippen LogP contribution in [-0.4, -0.2) is 81.9 Å². The molecular formula is C16H30N2O6. The molecule has 0 aromatic heterocycles. The van der Waals surface area contributed by atoms with E-state index in [4.69, 9.17) is 14.2 Å². The van der Waals surface area contributed by atoms with Gasteiger partial charge in [-0.15, -0.1) is 0 Å². The summed E-state index contributed by atoms with van der Waals surface area (Å²) in [5.74, 6) is -0.822. The Hall–Kier alpha value is -1.83. The molecule has 0 N–H and O–H groups in total. The molecule has 0 rings (SSSR count). The Labute approximate surface area is 144 Å². The number of methoxy groups -OCH3 is 1. The Kier molecular flexibility index (Phi) is 12.6. The third kappa shape index (κ3) is 10.8. The number of ether oxygens (including phenoxy) is 3. The van der Waals surface area contributed by atoms with Gasteiger partial charge in [0.2, 0.25) is 5.91 Å². The van der Waals surface area contributed by atoms with Crippen LogP contribution in [0.1, 0.15) is 32.6 Å². The summed E-state index contributed by atoms with van der Waals surface area (Å²) < 4.78 is 14.7. The second-order valence-electron chi connectivity index (χ2n) is 5.49. The van der Waals surface area contributed by atoms with Gasteiger partial charge < -0.3 is 24.0 Å². The number of carbonyl (C=O) groups is 3. The number of carbonyl (C=O) groups excluding carboxylic acids is 3. The summed E-state index contributed by atoms with van der Waals surface area (Å²) in [6, 6.07) is 0. The summed E-state index contributed by atoms with van der Waals surface area (Å²) in [7, 11) is 4.44. The molecule has 0 atom stereocenters. The van der Waals surface area contributed by atoms with Gasteiger partial charge in [-0.25, -0.2) is 4.79 Å². The first kappa shape index (κ1) is 22.2. The van der Waals surface area contributed by atoms with Gasteiger partial charge in [-0.1, -0.05) is 26.2 Å². The first-order chi connectivity index (χ1) is 11.4. The molecule has 0 aliphatic heterocycles. The largest absolute Gasteiger partial charge is 0.464 e. The molecule has 0 aliphatic rings. The summed E-state index contributed by atoms with van der Waals surface area (Å²) >= 11 is 0. The molecule has 8 nitrogen and oxygen atoms in total. The minimum atomic E-state index is -0.618. The number of nitrogens with zero attached hydrogens (tertiary/aromatic N) is 2. The van der Waals surface area contributed by atoms with Crippen LogP contribution >= 0.6 is 0 Å². The summed E-state index contributed by atoms with van der Waals surface area (Å²) in [4.78, 5) is 37.6. The molecule has 0 saturated carbocycles. The van der Waals surface area contributed by atoms with Crippen LogP contribution in [0, 0.1) is 0 Å². The smallest absolute Gasteiger partial charge is 0.410 e. The predicted molar refractivity (Wildman–Crippen MR) is 88.6 cm³/mol.